The summed E-state index contributed by atoms with van der Waals surface area (Å²) >= 11 is 0. The van der Waals surface area contributed by atoms with Gasteiger partial charge in [-0.05, 0) is 68.2 Å². The number of esters is 2. The molecule has 39 heavy (non-hydrogen) atoms. The summed E-state index contributed by atoms with van der Waals surface area (Å²) in [7, 11) is 0. The van der Waals surface area contributed by atoms with Crippen LogP contribution in [0.15, 0.2) is 42.5 Å². The first-order valence-corrected chi connectivity index (χ1v) is 13.4. The van der Waals surface area contributed by atoms with E-state index in [1.165, 1.54) is 0 Å². The fourth-order valence-electron chi connectivity index (χ4n) is 6.05. The minimum Gasteiger partial charge on any atom is -0.460 e. The van der Waals surface area contributed by atoms with Crippen LogP contribution in [0.3, 0.4) is 0 Å². The molecule has 0 radical (unpaired) electrons. The fourth-order valence-corrected chi connectivity index (χ4v) is 6.05. The van der Waals surface area contributed by atoms with Crippen molar-refractivity contribution in [3.8, 4) is 0 Å². The Balaban J connectivity index is 1.43. The largest absolute Gasteiger partial charge is 0.460 e. The second-order valence-electron chi connectivity index (χ2n) is 11.6. The van der Waals surface area contributed by atoms with Crippen molar-refractivity contribution in [3.63, 3.8) is 0 Å². The summed E-state index contributed by atoms with van der Waals surface area (Å²) in [6, 6.07) is 12.0. The summed E-state index contributed by atoms with van der Waals surface area (Å²) in [5.74, 6) is -4.13. The molecule has 2 aromatic rings. The van der Waals surface area contributed by atoms with E-state index in [4.69, 9.17) is 15.2 Å². The third-order valence-electron chi connectivity index (χ3n) is 7.63. The molecule has 9 nitrogen and oxygen atoms in total. The summed E-state index contributed by atoms with van der Waals surface area (Å²) in [6.07, 6.45) is 1.92. The molecule has 2 saturated carbocycles. The van der Waals surface area contributed by atoms with Gasteiger partial charge < -0.3 is 20.5 Å². The summed E-state index contributed by atoms with van der Waals surface area (Å²) < 4.78 is 10.6. The first-order valence-electron chi connectivity index (χ1n) is 13.4. The number of carbonyl (C=O) groups is 5. The van der Waals surface area contributed by atoms with Crippen LogP contribution in [0.4, 0.5) is 0 Å². The number of amides is 2. The van der Waals surface area contributed by atoms with Crippen LogP contribution in [0.1, 0.15) is 52.0 Å². The zero-order valence-corrected chi connectivity index (χ0v) is 22.6. The highest BCUT2D eigenvalue weighted by atomic mass is 16.6. The average Bonchev–Trinajstić information content (AvgIpc) is 3.48. The van der Waals surface area contributed by atoms with Crippen molar-refractivity contribution in [2.24, 2.45) is 29.4 Å². The van der Waals surface area contributed by atoms with Gasteiger partial charge in [0.2, 0.25) is 11.8 Å². The van der Waals surface area contributed by atoms with Crippen LogP contribution in [0.25, 0.3) is 10.8 Å². The third kappa shape index (κ3) is 6.82. The monoisotopic (exact) mass is 536 g/mol. The predicted molar refractivity (Wildman–Crippen MR) is 143 cm³/mol. The number of Topliss-reactive ketones (excluding diaryl/α,β-unsaturated/α-hetero) is 1. The quantitative estimate of drug-likeness (QED) is 0.445. The van der Waals surface area contributed by atoms with Crippen LogP contribution in [0.5, 0.6) is 0 Å². The molecule has 0 aromatic heterocycles. The lowest BCUT2D eigenvalue weighted by Gasteiger charge is -2.29. The Kier molecular flexibility index (Phi) is 8.37. The van der Waals surface area contributed by atoms with E-state index < -0.39 is 66.0 Å². The Bertz CT molecular complexity index is 1280. The van der Waals surface area contributed by atoms with Gasteiger partial charge >= 0.3 is 11.9 Å². The van der Waals surface area contributed by atoms with Crippen LogP contribution in [-0.4, -0.2) is 47.8 Å². The molecule has 0 saturated heterocycles. The van der Waals surface area contributed by atoms with Crippen molar-refractivity contribution in [1.82, 2.24) is 5.32 Å². The lowest BCUT2D eigenvalue weighted by molar-refractivity contribution is -0.157. The second kappa shape index (κ2) is 11.6. The molecule has 2 amide bonds. The third-order valence-corrected chi connectivity index (χ3v) is 7.63. The van der Waals surface area contributed by atoms with E-state index in [1.54, 1.807) is 20.8 Å². The number of nitrogens with one attached hydrogen (secondary N) is 1. The van der Waals surface area contributed by atoms with Gasteiger partial charge in [-0.2, -0.15) is 0 Å². The van der Waals surface area contributed by atoms with Gasteiger partial charge in [0.05, 0.1) is 24.7 Å². The zero-order chi connectivity index (χ0) is 28.3. The maximum absolute atomic E-state index is 13.3. The minimum atomic E-state index is -1.27. The molecular weight excluding hydrogens is 500 g/mol. The van der Waals surface area contributed by atoms with Crippen molar-refractivity contribution in [2.45, 2.75) is 64.5 Å². The fraction of sp³-hybridized carbons (Fsp3) is 0.500. The smallest absolute Gasteiger partial charge is 0.310 e. The highest BCUT2D eigenvalue weighted by Crippen LogP contribution is 2.52. The maximum atomic E-state index is 13.3. The van der Waals surface area contributed by atoms with Gasteiger partial charge in [-0.25, -0.2) is 0 Å². The van der Waals surface area contributed by atoms with Gasteiger partial charge in [0.15, 0.2) is 12.4 Å². The van der Waals surface area contributed by atoms with E-state index in [1.807, 2.05) is 42.5 Å². The molecule has 0 heterocycles. The van der Waals surface area contributed by atoms with E-state index >= 15 is 0 Å². The number of benzene rings is 2. The van der Waals surface area contributed by atoms with Crippen LogP contribution in [0, 0.1) is 23.7 Å². The normalized spacial score (nSPS) is 22.7. The van der Waals surface area contributed by atoms with Crippen molar-refractivity contribution >= 4 is 40.3 Å². The molecule has 5 unspecified atom stereocenters. The zero-order valence-electron chi connectivity index (χ0n) is 22.6. The van der Waals surface area contributed by atoms with E-state index in [0.29, 0.717) is 0 Å². The van der Waals surface area contributed by atoms with E-state index in [9.17, 15) is 24.0 Å². The van der Waals surface area contributed by atoms with Gasteiger partial charge in [-0.1, -0.05) is 42.5 Å². The number of primary amides is 1. The van der Waals surface area contributed by atoms with Crippen LogP contribution in [-0.2, 0) is 39.9 Å². The number of nitrogens with two attached hydrogens (primary N) is 1. The van der Waals surface area contributed by atoms with Crippen LogP contribution >= 0.6 is 0 Å². The van der Waals surface area contributed by atoms with E-state index in [2.05, 4.69) is 5.32 Å². The van der Waals surface area contributed by atoms with Gasteiger partial charge in [-0.3, -0.25) is 24.0 Å². The Morgan fingerprint density at radius 3 is 2.31 bits per heavy atom. The summed E-state index contributed by atoms with van der Waals surface area (Å²) in [6.45, 7) is 4.47. The Morgan fingerprint density at radius 2 is 1.62 bits per heavy atom. The van der Waals surface area contributed by atoms with Crippen molar-refractivity contribution < 1.29 is 33.4 Å². The molecule has 0 spiro atoms. The highest BCUT2D eigenvalue weighted by Gasteiger charge is 2.53. The molecule has 2 aliphatic rings. The SMILES string of the molecule is CC(C)(C)OC(=O)CC(NC(=O)C1C2CCC(C2)C1C(N)=O)C(=O)COC(=O)Cc1cccc2ccccc12. The molecule has 0 aliphatic heterocycles. The molecule has 2 aromatic carbocycles. The summed E-state index contributed by atoms with van der Waals surface area (Å²) in [5.41, 5.74) is 5.59. The van der Waals surface area contributed by atoms with Crippen molar-refractivity contribution in [1.29, 1.82) is 0 Å². The number of fused-ring (bicyclic) bond motifs is 3. The molecule has 208 valence electrons. The standard InChI is InChI=1S/C30H36N2O7/c1-30(2,3)39-25(35)15-22(32-29(37)27-20-12-11-19(13-20)26(27)28(31)36)23(33)16-38-24(34)14-18-9-6-8-17-7-4-5-10-21(17)18/h4-10,19-20,22,26-27H,11-16H2,1-3H3,(H2,31,36)(H,32,37). The minimum absolute atomic E-state index is 0.00306. The van der Waals surface area contributed by atoms with Gasteiger partial charge in [-0.15, -0.1) is 0 Å². The molecular formula is C30H36N2O7. The lowest BCUT2D eigenvalue weighted by atomic mass is 9.78. The summed E-state index contributed by atoms with van der Waals surface area (Å²) in [5, 5.41) is 4.55. The first kappa shape index (κ1) is 28.3. The van der Waals surface area contributed by atoms with E-state index in [0.717, 1.165) is 35.6 Å². The predicted octanol–water partition coefficient (Wildman–Crippen LogP) is 2.86. The molecule has 9 heteroatoms. The lowest BCUT2D eigenvalue weighted by Crippen LogP contribution is -2.50. The molecule has 3 N–H and O–H groups in total. The van der Waals surface area contributed by atoms with Gasteiger partial charge in [0.25, 0.3) is 0 Å². The number of rotatable bonds is 10. The van der Waals surface area contributed by atoms with Gasteiger partial charge in [0, 0.05) is 0 Å². The molecule has 4 rings (SSSR count). The number of hydrogen-bond donors (Lipinski definition) is 2. The highest BCUT2D eigenvalue weighted by molar-refractivity contribution is 5.96. The number of hydrogen-bond acceptors (Lipinski definition) is 7. The molecule has 2 aliphatic carbocycles. The number of ketones is 1. The Morgan fingerprint density at radius 1 is 0.949 bits per heavy atom. The van der Waals surface area contributed by atoms with Crippen molar-refractivity contribution in [2.75, 3.05) is 6.61 Å². The first-order chi connectivity index (χ1) is 18.4. The molecule has 5 atom stereocenters. The maximum Gasteiger partial charge on any atom is 0.310 e. The number of ether oxygens (including phenoxy) is 2. The van der Waals surface area contributed by atoms with Crippen LogP contribution in [0.2, 0.25) is 0 Å². The Labute approximate surface area is 227 Å². The summed E-state index contributed by atoms with van der Waals surface area (Å²) in [4.78, 5) is 63.8. The average molecular weight is 537 g/mol. The Hall–Kier alpha value is -3.75. The van der Waals surface area contributed by atoms with Gasteiger partial charge in [0.1, 0.15) is 11.6 Å². The van der Waals surface area contributed by atoms with E-state index in [-0.39, 0.29) is 18.3 Å². The molecule has 2 fully saturated rings. The van der Waals surface area contributed by atoms with Crippen LogP contribution < -0.4 is 11.1 Å². The van der Waals surface area contributed by atoms with Crippen molar-refractivity contribution in [3.05, 3.63) is 48.0 Å². The topological polar surface area (TPSA) is 142 Å². The number of carbonyl (C=O) groups excluding carboxylic acids is 5. The second-order valence-corrected chi connectivity index (χ2v) is 11.6. The molecule has 2 bridgehead atoms.